The third kappa shape index (κ3) is 2.16. The smallest absolute Gasteiger partial charge is 0.328 e. The maximum atomic E-state index is 10.7. The van der Waals surface area contributed by atoms with Crippen LogP contribution in [0.15, 0.2) is 30.5 Å². The molecule has 0 saturated heterocycles. The van der Waals surface area contributed by atoms with Crippen LogP contribution in [0.2, 0.25) is 0 Å². The van der Waals surface area contributed by atoms with Crippen LogP contribution in [0.3, 0.4) is 0 Å². The number of benzene rings is 1. The molecule has 0 aliphatic rings. The first-order valence-corrected chi connectivity index (χ1v) is 6.02. The number of nitrogens with one attached hydrogen (secondary N) is 1. The van der Waals surface area contributed by atoms with Gasteiger partial charge in [-0.05, 0) is 24.0 Å². The van der Waals surface area contributed by atoms with E-state index in [1.54, 1.807) is 0 Å². The average molecular weight is 243 g/mol. The number of carbonyl (C=O) groups is 1. The lowest BCUT2D eigenvalue weighted by molar-refractivity contribution is -0.131. The average Bonchev–Trinajstić information content (AvgIpc) is 2.70. The van der Waals surface area contributed by atoms with Gasteiger partial charge in [-0.1, -0.05) is 32.0 Å². The van der Waals surface area contributed by atoms with Gasteiger partial charge in [0.05, 0.1) is 0 Å². The number of H-pyrrole nitrogens is 1. The molecule has 2 N–H and O–H groups in total. The van der Waals surface area contributed by atoms with Crippen LogP contribution in [0, 0.1) is 0 Å². The molecule has 0 saturated carbocycles. The Morgan fingerprint density at radius 1 is 1.39 bits per heavy atom. The van der Waals surface area contributed by atoms with Gasteiger partial charge in [0.1, 0.15) is 0 Å². The molecule has 1 aromatic carbocycles. The Bertz CT molecular complexity index is 620. The minimum absolute atomic E-state index is 0.434. The van der Waals surface area contributed by atoms with Gasteiger partial charge in [0.15, 0.2) is 0 Å². The van der Waals surface area contributed by atoms with Gasteiger partial charge in [-0.3, -0.25) is 0 Å². The van der Waals surface area contributed by atoms with Crippen LogP contribution in [0.25, 0.3) is 16.5 Å². The normalized spacial score (nSPS) is 12.3. The summed E-state index contributed by atoms with van der Waals surface area (Å²) >= 11 is 0. The fourth-order valence-corrected chi connectivity index (χ4v) is 2.25. The summed E-state index contributed by atoms with van der Waals surface area (Å²) in [6.45, 7) is 6.11. The first kappa shape index (κ1) is 12.4. The maximum absolute atomic E-state index is 10.7. The first-order chi connectivity index (χ1) is 8.50. The molecule has 2 rings (SSSR count). The van der Waals surface area contributed by atoms with Crippen LogP contribution in [-0.2, 0) is 4.79 Å². The predicted octanol–water partition coefficient (Wildman–Crippen LogP) is 3.78. The summed E-state index contributed by atoms with van der Waals surface area (Å²) in [6, 6.07) is 6.14. The standard InChI is InChI=1S/C15H17NO2/c1-9(2)11-5-4-6-12-13(8-16-15(11)12)10(3)7-14(17)18/h4-9,16H,1-3H3,(H,17,18). The molecular formula is C15H17NO2. The summed E-state index contributed by atoms with van der Waals surface area (Å²) < 4.78 is 0. The van der Waals surface area contributed by atoms with Crippen molar-refractivity contribution in [2.75, 3.05) is 0 Å². The monoisotopic (exact) mass is 243 g/mol. The molecule has 1 aromatic heterocycles. The summed E-state index contributed by atoms with van der Waals surface area (Å²) in [5.74, 6) is -0.481. The Hall–Kier alpha value is -2.03. The minimum atomic E-state index is -0.915. The topological polar surface area (TPSA) is 53.1 Å². The number of hydrogen-bond acceptors (Lipinski definition) is 1. The Morgan fingerprint density at radius 2 is 2.11 bits per heavy atom. The number of aromatic amines is 1. The molecule has 94 valence electrons. The van der Waals surface area contributed by atoms with E-state index in [4.69, 9.17) is 5.11 Å². The van der Waals surface area contributed by atoms with Gasteiger partial charge in [-0.15, -0.1) is 0 Å². The summed E-state index contributed by atoms with van der Waals surface area (Å²) in [4.78, 5) is 14.0. The number of para-hydroxylation sites is 1. The van der Waals surface area contributed by atoms with Gasteiger partial charge in [0.25, 0.3) is 0 Å². The zero-order valence-corrected chi connectivity index (χ0v) is 10.8. The van der Waals surface area contributed by atoms with Crippen molar-refractivity contribution in [1.82, 2.24) is 4.98 Å². The van der Waals surface area contributed by atoms with Crippen LogP contribution in [0.4, 0.5) is 0 Å². The summed E-state index contributed by atoms with van der Waals surface area (Å²) in [5, 5.41) is 9.89. The van der Waals surface area contributed by atoms with Crippen LogP contribution in [-0.4, -0.2) is 16.1 Å². The first-order valence-electron chi connectivity index (χ1n) is 6.02. The maximum Gasteiger partial charge on any atom is 0.328 e. The SMILES string of the molecule is CC(=CC(=O)O)c1c[nH]c2c(C(C)C)cccc12. The van der Waals surface area contributed by atoms with Crippen molar-refractivity contribution in [2.45, 2.75) is 26.7 Å². The lowest BCUT2D eigenvalue weighted by atomic mass is 9.98. The molecule has 3 nitrogen and oxygen atoms in total. The van der Waals surface area contributed by atoms with E-state index in [1.807, 2.05) is 25.3 Å². The lowest BCUT2D eigenvalue weighted by Gasteiger charge is -2.07. The number of carboxylic acids is 1. The van der Waals surface area contributed by atoms with E-state index in [2.05, 4.69) is 24.9 Å². The minimum Gasteiger partial charge on any atom is -0.478 e. The van der Waals surface area contributed by atoms with E-state index < -0.39 is 5.97 Å². The fourth-order valence-electron chi connectivity index (χ4n) is 2.25. The fraction of sp³-hybridized carbons (Fsp3) is 0.267. The summed E-state index contributed by atoms with van der Waals surface area (Å²) in [6.07, 6.45) is 3.12. The second-order valence-electron chi connectivity index (χ2n) is 4.79. The van der Waals surface area contributed by atoms with Gasteiger partial charge in [0.2, 0.25) is 0 Å². The van der Waals surface area contributed by atoms with Crippen molar-refractivity contribution in [3.63, 3.8) is 0 Å². The molecule has 0 radical (unpaired) electrons. The number of fused-ring (bicyclic) bond motifs is 1. The Kier molecular flexibility index (Phi) is 3.24. The third-order valence-corrected chi connectivity index (χ3v) is 3.13. The van der Waals surface area contributed by atoms with Gasteiger partial charge in [-0.2, -0.15) is 0 Å². The van der Waals surface area contributed by atoms with E-state index in [-0.39, 0.29) is 0 Å². The summed E-state index contributed by atoms with van der Waals surface area (Å²) in [7, 11) is 0. The zero-order chi connectivity index (χ0) is 13.3. The van der Waals surface area contributed by atoms with Gasteiger partial charge >= 0.3 is 5.97 Å². The van der Waals surface area contributed by atoms with E-state index in [9.17, 15) is 4.79 Å². The van der Waals surface area contributed by atoms with Crippen molar-refractivity contribution in [2.24, 2.45) is 0 Å². The Balaban J connectivity index is 2.63. The highest BCUT2D eigenvalue weighted by Crippen LogP contribution is 2.30. The molecule has 3 heteroatoms. The molecular weight excluding hydrogens is 226 g/mol. The molecule has 1 heterocycles. The lowest BCUT2D eigenvalue weighted by Crippen LogP contribution is -1.90. The van der Waals surface area contributed by atoms with E-state index in [1.165, 1.54) is 11.6 Å². The number of aromatic nitrogens is 1. The van der Waals surface area contributed by atoms with Crippen molar-refractivity contribution in [3.8, 4) is 0 Å². The highest BCUT2D eigenvalue weighted by molar-refractivity contribution is 5.98. The molecule has 18 heavy (non-hydrogen) atoms. The van der Waals surface area contributed by atoms with Gasteiger partial charge < -0.3 is 10.1 Å². The largest absolute Gasteiger partial charge is 0.478 e. The molecule has 0 atom stereocenters. The van der Waals surface area contributed by atoms with E-state index >= 15 is 0 Å². The second kappa shape index (κ2) is 4.69. The summed E-state index contributed by atoms with van der Waals surface area (Å²) in [5.41, 5.74) is 4.06. The second-order valence-corrected chi connectivity index (χ2v) is 4.79. The number of aliphatic carboxylic acids is 1. The Morgan fingerprint density at radius 3 is 2.72 bits per heavy atom. The number of rotatable bonds is 3. The number of carboxylic acid groups (broad SMARTS) is 1. The van der Waals surface area contributed by atoms with Crippen molar-refractivity contribution >= 4 is 22.4 Å². The van der Waals surface area contributed by atoms with Crippen molar-refractivity contribution < 1.29 is 9.90 Å². The molecule has 0 amide bonds. The molecule has 0 aliphatic heterocycles. The van der Waals surface area contributed by atoms with Gasteiger partial charge in [-0.25, -0.2) is 4.79 Å². The quantitative estimate of drug-likeness (QED) is 0.806. The zero-order valence-electron chi connectivity index (χ0n) is 10.8. The number of allylic oxidation sites excluding steroid dienone is 1. The van der Waals surface area contributed by atoms with Crippen LogP contribution in [0.5, 0.6) is 0 Å². The molecule has 0 bridgehead atoms. The van der Waals surface area contributed by atoms with Crippen LogP contribution in [0.1, 0.15) is 37.8 Å². The molecule has 0 spiro atoms. The van der Waals surface area contributed by atoms with Crippen LogP contribution >= 0.6 is 0 Å². The molecule has 2 aromatic rings. The molecule has 0 unspecified atom stereocenters. The number of hydrogen-bond donors (Lipinski definition) is 2. The highest BCUT2D eigenvalue weighted by Gasteiger charge is 2.11. The van der Waals surface area contributed by atoms with Gasteiger partial charge in [0, 0.05) is 28.7 Å². The predicted molar refractivity (Wildman–Crippen MR) is 73.7 cm³/mol. The molecule has 0 fully saturated rings. The van der Waals surface area contributed by atoms with Crippen LogP contribution < -0.4 is 0 Å². The third-order valence-electron chi connectivity index (χ3n) is 3.13. The van der Waals surface area contributed by atoms with E-state index in [0.29, 0.717) is 5.92 Å². The molecule has 0 aliphatic carbocycles. The van der Waals surface area contributed by atoms with Crippen molar-refractivity contribution in [1.29, 1.82) is 0 Å². The van der Waals surface area contributed by atoms with E-state index in [0.717, 1.165) is 22.0 Å². The van der Waals surface area contributed by atoms with Crippen molar-refractivity contribution in [3.05, 3.63) is 41.6 Å². The Labute approximate surface area is 106 Å². The highest BCUT2D eigenvalue weighted by atomic mass is 16.4.